The summed E-state index contributed by atoms with van der Waals surface area (Å²) in [4.78, 5) is 29.1. The average molecular weight is 414 g/mol. The van der Waals surface area contributed by atoms with E-state index in [1.165, 1.54) is 23.6 Å². The van der Waals surface area contributed by atoms with Gasteiger partial charge in [-0.15, -0.1) is 0 Å². The predicted molar refractivity (Wildman–Crippen MR) is 123 cm³/mol. The van der Waals surface area contributed by atoms with E-state index in [2.05, 4.69) is 53.5 Å². The van der Waals surface area contributed by atoms with Crippen LogP contribution in [0.15, 0.2) is 33.9 Å². The maximum atomic E-state index is 12.4. The summed E-state index contributed by atoms with van der Waals surface area (Å²) in [6.07, 6.45) is 5.20. The lowest BCUT2D eigenvalue weighted by atomic mass is 10.1. The molecule has 0 amide bonds. The van der Waals surface area contributed by atoms with Crippen LogP contribution in [-0.4, -0.2) is 47.2 Å². The number of aryl methyl sites for hydroxylation is 2. The Labute approximate surface area is 178 Å². The zero-order valence-electron chi connectivity index (χ0n) is 18.5. The van der Waals surface area contributed by atoms with Crippen molar-refractivity contribution in [3.63, 3.8) is 0 Å². The Morgan fingerprint density at radius 2 is 2.03 bits per heavy atom. The van der Waals surface area contributed by atoms with Gasteiger partial charge in [-0.05, 0) is 76.0 Å². The Morgan fingerprint density at radius 3 is 2.77 bits per heavy atom. The molecule has 0 bridgehead atoms. The van der Waals surface area contributed by atoms with Gasteiger partial charge in [0.1, 0.15) is 5.82 Å². The quantitative estimate of drug-likeness (QED) is 0.522. The molecular formula is C23H35N5O2. The van der Waals surface area contributed by atoms with E-state index in [-0.39, 0.29) is 11.2 Å². The van der Waals surface area contributed by atoms with Crippen molar-refractivity contribution >= 4 is 11.5 Å². The van der Waals surface area contributed by atoms with Gasteiger partial charge in [-0.1, -0.05) is 19.4 Å². The minimum Gasteiger partial charge on any atom is -0.341 e. The van der Waals surface area contributed by atoms with Gasteiger partial charge in [-0.2, -0.15) is 0 Å². The van der Waals surface area contributed by atoms with Crippen LogP contribution in [0, 0.1) is 6.92 Å². The number of likely N-dealkylation sites (N-methyl/N-ethyl adjacent to an activating group) is 1. The van der Waals surface area contributed by atoms with Crippen LogP contribution in [0.1, 0.15) is 43.7 Å². The number of rotatable bonds is 10. The van der Waals surface area contributed by atoms with Gasteiger partial charge >= 0.3 is 5.69 Å². The molecule has 2 heterocycles. The molecule has 1 aromatic heterocycles. The van der Waals surface area contributed by atoms with Gasteiger partial charge in [-0.25, -0.2) is 4.79 Å². The van der Waals surface area contributed by atoms with E-state index < -0.39 is 0 Å². The second-order valence-corrected chi connectivity index (χ2v) is 8.28. The van der Waals surface area contributed by atoms with E-state index in [0.717, 1.165) is 51.0 Å². The second kappa shape index (κ2) is 10.6. The lowest BCUT2D eigenvalue weighted by molar-refractivity contribution is 0.251. The molecule has 1 saturated heterocycles. The first kappa shape index (κ1) is 22.3. The Hall–Kier alpha value is -2.38. The maximum Gasteiger partial charge on any atom is 0.329 e. The highest BCUT2D eigenvalue weighted by molar-refractivity contribution is 5.58. The van der Waals surface area contributed by atoms with Gasteiger partial charge < -0.3 is 15.5 Å². The number of H-pyrrole nitrogens is 1. The molecule has 7 nitrogen and oxygen atoms in total. The third-order valence-corrected chi connectivity index (χ3v) is 6.09. The van der Waals surface area contributed by atoms with E-state index >= 15 is 0 Å². The maximum absolute atomic E-state index is 12.4. The first-order chi connectivity index (χ1) is 14.5. The molecule has 1 fully saturated rings. The predicted octanol–water partition coefficient (Wildman–Crippen LogP) is 2.62. The molecule has 7 heteroatoms. The van der Waals surface area contributed by atoms with Gasteiger partial charge in [0.15, 0.2) is 0 Å². The fourth-order valence-electron chi connectivity index (χ4n) is 4.13. The number of hydrogen-bond donors (Lipinski definition) is 3. The standard InChI is InChI=1S/C23H35N5O2/c1-4-18-14-19(9-8-17(18)2)25-21-15-22(29)26-23(30)28(21)13-7-5-6-12-27(3)20-10-11-24-16-20/h8-9,14-15,20,24-25H,4-7,10-13,16H2,1-3H3,(H,26,29,30)/t20-/m0/s1. The minimum atomic E-state index is -0.381. The topological polar surface area (TPSA) is 82.2 Å². The smallest absolute Gasteiger partial charge is 0.329 e. The van der Waals surface area contributed by atoms with Crippen LogP contribution in [0.4, 0.5) is 11.5 Å². The summed E-state index contributed by atoms with van der Waals surface area (Å²) < 4.78 is 1.64. The SMILES string of the molecule is CCc1cc(Nc2cc(=O)[nH]c(=O)n2CCCCCN(C)[C@H]2CCNC2)ccc1C. The first-order valence-electron chi connectivity index (χ1n) is 11.1. The number of aromatic nitrogens is 2. The lowest BCUT2D eigenvalue weighted by Crippen LogP contribution is -2.34. The second-order valence-electron chi connectivity index (χ2n) is 8.28. The summed E-state index contributed by atoms with van der Waals surface area (Å²) in [7, 11) is 2.19. The van der Waals surface area contributed by atoms with Crippen LogP contribution in [0.5, 0.6) is 0 Å². The highest BCUT2D eigenvalue weighted by atomic mass is 16.2. The number of hydrogen-bond acceptors (Lipinski definition) is 5. The molecule has 3 N–H and O–H groups in total. The normalized spacial score (nSPS) is 16.3. The van der Waals surface area contributed by atoms with Crippen molar-refractivity contribution in [2.75, 3.05) is 32.0 Å². The molecule has 0 saturated carbocycles. The highest BCUT2D eigenvalue weighted by Gasteiger charge is 2.18. The summed E-state index contributed by atoms with van der Waals surface area (Å²) in [5.74, 6) is 0.545. The number of benzene rings is 1. The van der Waals surface area contributed by atoms with Crippen molar-refractivity contribution in [1.82, 2.24) is 19.8 Å². The van der Waals surface area contributed by atoms with Crippen molar-refractivity contribution < 1.29 is 0 Å². The number of nitrogens with zero attached hydrogens (tertiary/aromatic N) is 2. The van der Waals surface area contributed by atoms with E-state index in [0.29, 0.717) is 18.4 Å². The number of aromatic amines is 1. The fourth-order valence-corrected chi connectivity index (χ4v) is 4.13. The Balaban J connectivity index is 1.60. The van der Waals surface area contributed by atoms with Crippen molar-refractivity contribution in [2.24, 2.45) is 0 Å². The minimum absolute atomic E-state index is 0.359. The summed E-state index contributed by atoms with van der Waals surface area (Å²) in [5, 5.41) is 6.69. The Kier molecular flexibility index (Phi) is 7.87. The zero-order valence-corrected chi connectivity index (χ0v) is 18.5. The van der Waals surface area contributed by atoms with Gasteiger partial charge in [0.2, 0.25) is 0 Å². The molecule has 1 aliphatic rings. The average Bonchev–Trinajstić information content (AvgIpc) is 3.25. The van der Waals surface area contributed by atoms with Gasteiger partial charge in [0, 0.05) is 30.9 Å². The van der Waals surface area contributed by atoms with E-state index in [9.17, 15) is 9.59 Å². The summed E-state index contributed by atoms with van der Waals surface area (Å²) in [5.41, 5.74) is 2.64. The van der Waals surface area contributed by atoms with Crippen LogP contribution >= 0.6 is 0 Å². The molecule has 1 atom stereocenters. The molecule has 0 aliphatic carbocycles. The molecule has 164 valence electrons. The molecule has 0 spiro atoms. The molecular weight excluding hydrogens is 378 g/mol. The molecule has 2 aromatic rings. The molecule has 1 aliphatic heterocycles. The van der Waals surface area contributed by atoms with Crippen LogP contribution in [0.2, 0.25) is 0 Å². The van der Waals surface area contributed by atoms with E-state index in [4.69, 9.17) is 0 Å². The zero-order chi connectivity index (χ0) is 21.5. The first-order valence-corrected chi connectivity index (χ1v) is 11.1. The highest BCUT2D eigenvalue weighted by Crippen LogP contribution is 2.19. The molecule has 3 rings (SSSR count). The molecule has 30 heavy (non-hydrogen) atoms. The third-order valence-electron chi connectivity index (χ3n) is 6.09. The van der Waals surface area contributed by atoms with Crippen LogP contribution in [-0.2, 0) is 13.0 Å². The van der Waals surface area contributed by atoms with Gasteiger partial charge in [0.25, 0.3) is 5.56 Å². The molecule has 0 unspecified atom stereocenters. The van der Waals surface area contributed by atoms with Crippen LogP contribution < -0.4 is 21.9 Å². The van der Waals surface area contributed by atoms with Crippen molar-refractivity contribution in [3.05, 3.63) is 56.2 Å². The van der Waals surface area contributed by atoms with Gasteiger partial charge in [-0.3, -0.25) is 14.3 Å². The van der Waals surface area contributed by atoms with E-state index in [1.807, 2.05) is 6.07 Å². The number of anilines is 2. The van der Waals surface area contributed by atoms with Crippen molar-refractivity contribution in [3.8, 4) is 0 Å². The van der Waals surface area contributed by atoms with Crippen LogP contribution in [0.25, 0.3) is 0 Å². The van der Waals surface area contributed by atoms with E-state index in [1.54, 1.807) is 4.57 Å². The monoisotopic (exact) mass is 413 g/mol. The van der Waals surface area contributed by atoms with Gasteiger partial charge in [0.05, 0.1) is 0 Å². The lowest BCUT2D eigenvalue weighted by Gasteiger charge is -2.23. The number of nitrogens with one attached hydrogen (secondary N) is 3. The third kappa shape index (κ3) is 5.83. The largest absolute Gasteiger partial charge is 0.341 e. The fraction of sp³-hybridized carbons (Fsp3) is 0.565. The molecule has 0 radical (unpaired) electrons. The van der Waals surface area contributed by atoms with Crippen LogP contribution in [0.3, 0.4) is 0 Å². The summed E-state index contributed by atoms with van der Waals surface area (Å²) >= 11 is 0. The number of unbranched alkanes of at least 4 members (excludes halogenated alkanes) is 2. The Morgan fingerprint density at radius 1 is 1.20 bits per heavy atom. The molecule has 1 aromatic carbocycles. The summed E-state index contributed by atoms with van der Waals surface area (Å²) in [6.45, 7) is 8.06. The Bertz CT molecular complexity index is 943. The van der Waals surface area contributed by atoms with Crippen molar-refractivity contribution in [2.45, 2.75) is 58.5 Å². The summed E-state index contributed by atoms with van der Waals surface area (Å²) in [6, 6.07) is 8.24. The van der Waals surface area contributed by atoms with Crippen molar-refractivity contribution in [1.29, 1.82) is 0 Å².